The lowest BCUT2D eigenvalue weighted by atomic mass is 9.96. The number of methoxy groups -OCH3 is 1. The molecule has 61 heavy (non-hydrogen) atoms. The second kappa shape index (κ2) is 16.3. The molecule has 0 bridgehead atoms. The van der Waals surface area contributed by atoms with Crippen LogP contribution >= 0.6 is 0 Å². The second-order valence-corrected chi connectivity index (χ2v) is 17.8. The molecule has 2 fully saturated rings. The number of rotatable bonds is 9. The first-order valence-corrected chi connectivity index (χ1v) is 20.4. The minimum atomic E-state index is -1.14. The standard InChI is InChI=1S/C44H53F2N7O8/c1-11-59-40(55)29-22-53(52(14-15-58-10)42(57)61-44(5,6)7)39-27(38(29)54)16-25(19-48-39)28-20-47-31-17-26-32(50(9)41(56)60-43(2,3)4)18-30(45)36(46)34(26)35(31)37(28)51-13-12-24-21-49(8)23-33(24)51/h16,18-20,22,24,33H,11-15,17,21,23H2,1-10H3/t24-,33?/m0/s1. The third kappa shape index (κ3) is 8.24. The number of likely N-dealkylation sites (N-methyl/N-ethyl adjacent to an activating group) is 1. The number of hydrogen-bond acceptors (Lipinski definition) is 12. The highest BCUT2D eigenvalue weighted by molar-refractivity contribution is 6.01. The molecular formula is C44H53F2N7O8. The van der Waals surface area contributed by atoms with Gasteiger partial charge in [0.1, 0.15) is 16.8 Å². The topological polar surface area (TPSA) is 149 Å². The van der Waals surface area contributed by atoms with Gasteiger partial charge < -0.3 is 28.7 Å². The van der Waals surface area contributed by atoms with Crippen molar-refractivity contribution in [3.63, 3.8) is 0 Å². The van der Waals surface area contributed by atoms with Crippen molar-refractivity contribution in [3.05, 3.63) is 69.4 Å². The number of benzene rings is 1. The van der Waals surface area contributed by atoms with E-state index in [4.69, 9.17) is 28.9 Å². The van der Waals surface area contributed by atoms with E-state index in [9.17, 15) is 19.2 Å². The van der Waals surface area contributed by atoms with Crippen molar-refractivity contribution in [1.29, 1.82) is 0 Å². The van der Waals surface area contributed by atoms with Gasteiger partial charge in [0, 0.05) is 93.2 Å². The number of carbonyl (C=O) groups is 3. The number of aromatic nitrogens is 3. The van der Waals surface area contributed by atoms with Crippen LogP contribution in [0.3, 0.4) is 0 Å². The number of likely N-dealkylation sites (tertiary alicyclic amines) is 1. The fourth-order valence-electron chi connectivity index (χ4n) is 8.54. The van der Waals surface area contributed by atoms with E-state index >= 15 is 8.78 Å². The van der Waals surface area contributed by atoms with Crippen LogP contribution in [-0.2, 0) is 25.4 Å². The molecule has 0 spiro atoms. The van der Waals surface area contributed by atoms with Crippen molar-refractivity contribution in [3.8, 4) is 22.3 Å². The SMILES string of the molecule is CCOC(=O)c1cn(N(CCOC)C(=O)OC(C)(C)C)c2ncc(-c3cnc4c(c3N3CC[C@H]5CN(C)CC53)-c3c(F)c(F)cc(N(C)C(=O)OC(C)(C)C)c3C4)cc2c1=O. The van der Waals surface area contributed by atoms with E-state index in [-0.39, 0.29) is 60.1 Å². The number of amides is 2. The van der Waals surface area contributed by atoms with Crippen molar-refractivity contribution in [2.75, 3.05) is 75.4 Å². The molecule has 0 N–H and O–H groups in total. The molecule has 4 aromatic rings. The minimum Gasteiger partial charge on any atom is -0.462 e. The van der Waals surface area contributed by atoms with Gasteiger partial charge in [-0.3, -0.25) is 14.7 Å². The molecule has 15 nitrogen and oxygen atoms in total. The van der Waals surface area contributed by atoms with Gasteiger partial charge in [-0.05, 0) is 79.5 Å². The molecule has 326 valence electrons. The first kappa shape index (κ1) is 43.4. The molecule has 7 rings (SSSR count). The van der Waals surface area contributed by atoms with Crippen LogP contribution in [0.15, 0.2) is 35.5 Å². The predicted octanol–water partition coefficient (Wildman–Crippen LogP) is 6.52. The van der Waals surface area contributed by atoms with E-state index < -0.39 is 46.4 Å². The van der Waals surface area contributed by atoms with Crippen LogP contribution in [0.1, 0.15) is 76.5 Å². The summed E-state index contributed by atoms with van der Waals surface area (Å²) < 4.78 is 55.6. The fourth-order valence-corrected chi connectivity index (χ4v) is 8.54. The van der Waals surface area contributed by atoms with Gasteiger partial charge >= 0.3 is 18.2 Å². The molecule has 1 unspecified atom stereocenters. The van der Waals surface area contributed by atoms with Crippen LogP contribution in [-0.4, -0.2) is 116 Å². The molecule has 2 aliphatic heterocycles. The van der Waals surface area contributed by atoms with Crippen molar-refractivity contribution >= 4 is 40.6 Å². The number of anilines is 2. The Bertz CT molecular complexity index is 2480. The Kier molecular flexibility index (Phi) is 11.6. The first-order valence-electron chi connectivity index (χ1n) is 20.4. The van der Waals surface area contributed by atoms with Crippen LogP contribution in [0.2, 0.25) is 0 Å². The lowest BCUT2D eigenvalue weighted by molar-refractivity contribution is 0.0503. The van der Waals surface area contributed by atoms with Crippen molar-refractivity contribution < 1.29 is 42.1 Å². The van der Waals surface area contributed by atoms with Crippen LogP contribution < -0.4 is 20.2 Å². The highest BCUT2D eigenvalue weighted by atomic mass is 19.2. The van der Waals surface area contributed by atoms with E-state index in [1.54, 1.807) is 60.7 Å². The lowest BCUT2D eigenvalue weighted by Gasteiger charge is -2.31. The molecule has 17 heteroatoms. The Morgan fingerprint density at radius 1 is 0.967 bits per heavy atom. The summed E-state index contributed by atoms with van der Waals surface area (Å²) >= 11 is 0. The maximum atomic E-state index is 16.5. The Morgan fingerprint density at radius 2 is 1.67 bits per heavy atom. The largest absolute Gasteiger partial charge is 0.462 e. The van der Waals surface area contributed by atoms with E-state index in [2.05, 4.69) is 9.80 Å². The molecule has 0 saturated carbocycles. The molecule has 2 saturated heterocycles. The molecule has 2 amide bonds. The Hall–Kier alpha value is -5.68. The van der Waals surface area contributed by atoms with Crippen molar-refractivity contribution in [2.24, 2.45) is 5.92 Å². The van der Waals surface area contributed by atoms with E-state index in [1.165, 1.54) is 41.1 Å². The van der Waals surface area contributed by atoms with Crippen molar-refractivity contribution in [2.45, 2.75) is 78.6 Å². The predicted molar refractivity (Wildman–Crippen MR) is 226 cm³/mol. The maximum absolute atomic E-state index is 16.5. The number of halogens is 2. The van der Waals surface area contributed by atoms with Gasteiger partial charge in [0.25, 0.3) is 0 Å². The first-order chi connectivity index (χ1) is 28.7. The Labute approximate surface area is 353 Å². The summed E-state index contributed by atoms with van der Waals surface area (Å²) in [5, 5.41) is 1.16. The summed E-state index contributed by atoms with van der Waals surface area (Å²) in [4.78, 5) is 70.0. The highest BCUT2D eigenvalue weighted by Gasteiger charge is 2.44. The minimum absolute atomic E-state index is 0.00796. The average molecular weight is 846 g/mol. The molecule has 1 aliphatic carbocycles. The number of hydrogen-bond donors (Lipinski definition) is 0. The van der Waals surface area contributed by atoms with Gasteiger partial charge in [-0.15, -0.1) is 0 Å². The Morgan fingerprint density at radius 3 is 2.34 bits per heavy atom. The molecule has 3 aromatic heterocycles. The van der Waals surface area contributed by atoms with Crippen LogP contribution in [0.5, 0.6) is 0 Å². The quantitative estimate of drug-likeness (QED) is 0.118. The summed E-state index contributed by atoms with van der Waals surface area (Å²) in [5.74, 6) is -2.82. The van der Waals surface area contributed by atoms with Gasteiger partial charge in [0.15, 0.2) is 17.3 Å². The fraction of sp³-hybridized carbons (Fsp3) is 0.500. The monoisotopic (exact) mass is 845 g/mol. The van der Waals surface area contributed by atoms with Gasteiger partial charge in [-0.25, -0.2) is 37.8 Å². The number of nitrogens with zero attached hydrogens (tertiary/aromatic N) is 7. The summed E-state index contributed by atoms with van der Waals surface area (Å²) in [6, 6.07) is 2.59. The van der Waals surface area contributed by atoms with E-state index in [0.29, 0.717) is 46.1 Å². The molecule has 3 aliphatic rings. The summed E-state index contributed by atoms with van der Waals surface area (Å²) in [5.41, 5.74) is 0.103. The average Bonchev–Trinajstić information content (AvgIpc) is 3.87. The molecule has 2 atom stereocenters. The zero-order valence-electron chi connectivity index (χ0n) is 36.4. The molecule has 5 heterocycles. The van der Waals surface area contributed by atoms with E-state index in [0.717, 1.165) is 25.6 Å². The van der Waals surface area contributed by atoms with Crippen LogP contribution in [0.4, 0.5) is 29.7 Å². The van der Waals surface area contributed by atoms with Crippen molar-refractivity contribution in [1.82, 2.24) is 19.5 Å². The number of fused-ring (bicyclic) bond motifs is 5. The van der Waals surface area contributed by atoms with Crippen LogP contribution in [0, 0.1) is 17.6 Å². The van der Waals surface area contributed by atoms with Gasteiger partial charge in [0.2, 0.25) is 5.43 Å². The zero-order chi connectivity index (χ0) is 44.3. The highest BCUT2D eigenvalue weighted by Crippen LogP contribution is 2.52. The van der Waals surface area contributed by atoms with Crippen LogP contribution in [0.25, 0.3) is 33.3 Å². The number of ether oxygens (including phenoxy) is 4. The van der Waals surface area contributed by atoms with E-state index in [1.807, 2.05) is 7.05 Å². The normalized spacial score (nSPS) is 17.3. The lowest BCUT2D eigenvalue weighted by Crippen LogP contribution is -2.46. The summed E-state index contributed by atoms with van der Waals surface area (Å²) in [7, 11) is 4.98. The second-order valence-electron chi connectivity index (χ2n) is 17.8. The Balaban J connectivity index is 1.48. The third-order valence-electron chi connectivity index (χ3n) is 11.1. The third-order valence-corrected chi connectivity index (χ3v) is 11.1. The van der Waals surface area contributed by atoms with Gasteiger partial charge in [-0.2, -0.15) is 0 Å². The molecule has 1 aromatic carbocycles. The van der Waals surface area contributed by atoms with Gasteiger partial charge in [-0.1, -0.05) is 0 Å². The summed E-state index contributed by atoms with van der Waals surface area (Å²) in [6.07, 6.45) is 3.80. The zero-order valence-corrected chi connectivity index (χ0v) is 36.4. The van der Waals surface area contributed by atoms with Gasteiger partial charge in [0.05, 0.1) is 42.2 Å². The smallest absolute Gasteiger partial charge is 0.429 e. The maximum Gasteiger partial charge on any atom is 0.429 e. The molecular weight excluding hydrogens is 793 g/mol. The number of pyridine rings is 3. The number of esters is 1. The molecule has 0 radical (unpaired) electrons. The number of carbonyl (C=O) groups excluding carboxylic acids is 3. The summed E-state index contributed by atoms with van der Waals surface area (Å²) in [6.45, 7) is 14.1.